The van der Waals surface area contributed by atoms with Crippen LogP contribution in [0.4, 0.5) is 5.69 Å². The lowest BCUT2D eigenvalue weighted by molar-refractivity contribution is 0.244. The van der Waals surface area contributed by atoms with E-state index in [0.29, 0.717) is 10.8 Å². The topological polar surface area (TPSA) is 37.8 Å². The molecule has 0 amide bonds. The largest absolute Gasteiger partial charge is 0.493 e. The Labute approximate surface area is 147 Å². The zero-order chi connectivity index (χ0) is 16.9. The normalized spacial score (nSPS) is 15.4. The minimum absolute atomic E-state index is 0.665. The van der Waals surface area contributed by atoms with E-state index in [1.54, 1.807) is 20.3 Å². The van der Waals surface area contributed by atoms with E-state index in [-0.39, 0.29) is 0 Å². The van der Waals surface area contributed by atoms with E-state index in [2.05, 4.69) is 26.9 Å². The molecule has 3 rings (SSSR count). The predicted octanol–water partition coefficient (Wildman–Crippen LogP) is 3.07. The lowest BCUT2D eigenvalue weighted by Gasteiger charge is -2.36. The fraction of sp³-hybridized carbons (Fsp3) is 0.389. The van der Waals surface area contributed by atoms with Crippen LogP contribution in [0.2, 0.25) is 5.02 Å². The average molecular weight is 348 g/mol. The van der Waals surface area contributed by atoms with Crippen molar-refractivity contribution in [2.75, 3.05) is 45.3 Å². The number of hydrogen-bond donors (Lipinski definition) is 0. The van der Waals surface area contributed by atoms with Crippen molar-refractivity contribution in [3.05, 3.63) is 47.2 Å². The number of ether oxygens (including phenoxy) is 2. The van der Waals surface area contributed by atoms with Crippen LogP contribution in [-0.4, -0.2) is 50.3 Å². The Morgan fingerprint density at radius 2 is 1.75 bits per heavy atom. The summed E-state index contributed by atoms with van der Waals surface area (Å²) in [7, 11) is 3.29. The highest BCUT2D eigenvalue weighted by molar-refractivity contribution is 6.30. The Morgan fingerprint density at radius 3 is 2.38 bits per heavy atom. The Balaban J connectivity index is 1.67. The third kappa shape index (κ3) is 3.74. The second-order valence-electron chi connectivity index (χ2n) is 5.77. The lowest BCUT2D eigenvalue weighted by Crippen LogP contribution is -2.46. The second kappa shape index (κ2) is 7.73. The molecule has 0 unspecified atom stereocenters. The minimum Gasteiger partial charge on any atom is -0.493 e. The highest BCUT2D eigenvalue weighted by Crippen LogP contribution is 2.35. The molecule has 1 aliphatic heterocycles. The first-order valence-electron chi connectivity index (χ1n) is 7.99. The molecule has 128 valence electrons. The Morgan fingerprint density at radius 1 is 1.04 bits per heavy atom. The SMILES string of the molecule is COc1cc(Cl)cc(CN2CCN(c3ccncc3)CC2)c1OC. The van der Waals surface area contributed by atoms with Crippen molar-refractivity contribution >= 4 is 17.3 Å². The van der Waals surface area contributed by atoms with Crippen molar-refractivity contribution in [1.82, 2.24) is 9.88 Å². The summed E-state index contributed by atoms with van der Waals surface area (Å²) >= 11 is 6.21. The lowest BCUT2D eigenvalue weighted by atomic mass is 10.1. The van der Waals surface area contributed by atoms with Crippen molar-refractivity contribution in [2.24, 2.45) is 0 Å². The molecule has 0 N–H and O–H groups in total. The van der Waals surface area contributed by atoms with Gasteiger partial charge >= 0.3 is 0 Å². The molecule has 0 saturated carbocycles. The fourth-order valence-corrected chi connectivity index (χ4v) is 3.31. The van der Waals surface area contributed by atoms with Gasteiger partial charge in [0.2, 0.25) is 0 Å². The van der Waals surface area contributed by atoms with E-state index < -0.39 is 0 Å². The highest BCUT2D eigenvalue weighted by atomic mass is 35.5. The van der Waals surface area contributed by atoms with E-state index in [1.807, 2.05) is 18.5 Å². The van der Waals surface area contributed by atoms with E-state index >= 15 is 0 Å². The van der Waals surface area contributed by atoms with Gasteiger partial charge in [-0.15, -0.1) is 0 Å². The summed E-state index contributed by atoms with van der Waals surface area (Å²) in [4.78, 5) is 8.87. The van der Waals surface area contributed by atoms with Crippen LogP contribution in [0.3, 0.4) is 0 Å². The summed E-state index contributed by atoms with van der Waals surface area (Å²) in [5, 5.41) is 0.665. The quantitative estimate of drug-likeness (QED) is 0.831. The van der Waals surface area contributed by atoms with Crippen LogP contribution in [-0.2, 0) is 6.54 Å². The van der Waals surface area contributed by atoms with Gasteiger partial charge in [-0.1, -0.05) is 11.6 Å². The van der Waals surface area contributed by atoms with Crippen LogP contribution in [0.15, 0.2) is 36.7 Å². The number of anilines is 1. The van der Waals surface area contributed by atoms with Gasteiger partial charge in [0.1, 0.15) is 0 Å². The first-order chi connectivity index (χ1) is 11.7. The molecule has 0 atom stereocenters. The molecule has 0 aliphatic carbocycles. The molecule has 24 heavy (non-hydrogen) atoms. The molecule has 5 nitrogen and oxygen atoms in total. The number of pyridine rings is 1. The van der Waals surface area contributed by atoms with Gasteiger partial charge < -0.3 is 14.4 Å². The van der Waals surface area contributed by atoms with Gasteiger partial charge in [0, 0.05) is 67.5 Å². The predicted molar refractivity (Wildman–Crippen MR) is 96.3 cm³/mol. The molecule has 0 radical (unpaired) electrons. The maximum Gasteiger partial charge on any atom is 0.165 e. The van der Waals surface area contributed by atoms with Crippen molar-refractivity contribution < 1.29 is 9.47 Å². The molecule has 6 heteroatoms. The Bertz CT molecular complexity index is 673. The van der Waals surface area contributed by atoms with Crippen molar-refractivity contribution in [1.29, 1.82) is 0 Å². The third-order valence-electron chi connectivity index (χ3n) is 4.31. The zero-order valence-electron chi connectivity index (χ0n) is 14.0. The van der Waals surface area contributed by atoms with Gasteiger partial charge in [-0.2, -0.15) is 0 Å². The number of piperazine rings is 1. The molecule has 1 aromatic carbocycles. The molecule has 2 aromatic rings. The number of methoxy groups -OCH3 is 2. The molecular formula is C18H22ClN3O2. The van der Waals surface area contributed by atoms with Crippen molar-refractivity contribution in [3.8, 4) is 11.5 Å². The molecule has 0 bridgehead atoms. The number of hydrogen-bond acceptors (Lipinski definition) is 5. The van der Waals surface area contributed by atoms with Gasteiger partial charge in [0.25, 0.3) is 0 Å². The summed E-state index contributed by atoms with van der Waals surface area (Å²) < 4.78 is 10.9. The number of rotatable bonds is 5. The van der Waals surface area contributed by atoms with E-state index in [4.69, 9.17) is 21.1 Å². The summed E-state index contributed by atoms with van der Waals surface area (Å²) in [6.45, 7) is 4.75. The standard InChI is InChI=1S/C18H22ClN3O2/c1-23-17-12-15(19)11-14(18(17)24-2)13-21-7-9-22(10-8-21)16-3-5-20-6-4-16/h3-6,11-12H,7-10,13H2,1-2H3. The molecule has 0 spiro atoms. The van der Waals surface area contributed by atoms with Crippen LogP contribution in [0.25, 0.3) is 0 Å². The van der Waals surface area contributed by atoms with Crippen LogP contribution in [0.5, 0.6) is 11.5 Å². The average Bonchev–Trinajstić information content (AvgIpc) is 2.62. The van der Waals surface area contributed by atoms with Crippen molar-refractivity contribution in [3.63, 3.8) is 0 Å². The highest BCUT2D eigenvalue weighted by Gasteiger charge is 2.20. The van der Waals surface area contributed by atoms with Gasteiger partial charge in [0.15, 0.2) is 11.5 Å². The first kappa shape index (κ1) is 16.9. The van der Waals surface area contributed by atoms with Crippen LogP contribution in [0.1, 0.15) is 5.56 Å². The van der Waals surface area contributed by atoms with E-state index in [0.717, 1.165) is 44.0 Å². The Kier molecular flexibility index (Phi) is 5.43. The second-order valence-corrected chi connectivity index (χ2v) is 6.21. The maximum atomic E-state index is 6.21. The monoisotopic (exact) mass is 347 g/mol. The van der Waals surface area contributed by atoms with E-state index in [9.17, 15) is 0 Å². The summed E-state index contributed by atoms with van der Waals surface area (Å²) in [5.74, 6) is 1.44. The van der Waals surface area contributed by atoms with Gasteiger partial charge in [0.05, 0.1) is 14.2 Å². The maximum absolute atomic E-state index is 6.21. The van der Waals surface area contributed by atoms with Gasteiger partial charge in [-0.25, -0.2) is 0 Å². The molecule has 2 heterocycles. The molecule has 1 saturated heterocycles. The smallest absolute Gasteiger partial charge is 0.165 e. The summed E-state index contributed by atoms with van der Waals surface area (Å²) in [6.07, 6.45) is 3.68. The molecule has 1 fully saturated rings. The number of halogens is 1. The first-order valence-corrected chi connectivity index (χ1v) is 8.37. The minimum atomic E-state index is 0.665. The number of aromatic nitrogens is 1. The number of nitrogens with zero attached hydrogens (tertiary/aromatic N) is 3. The third-order valence-corrected chi connectivity index (χ3v) is 4.53. The van der Waals surface area contributed by atoms with E-state index in [1.165, 1.54) is 5.69 Å². The van der Waals surface area contributed by atoms with Gasteiger partial charge in [-0.3, -0.25) is 9.88 Å². The van der Waals surface area contributed by atoms with Crippen LogP contribution in [0, 0.1) is 0 Å². The molecular weight excluding hydrogens is 326 g/mol. The zero-order valence-corrected chi connectivity index (χ0v) is 14.8. The Hall–Kier alpha value is -1.98. The van der Waals surface area contributed by atoms with Gasteiger partial charge in [-0.05, 0) is 18.2 Å². The molecule has 1 aliphatic rings. The summed E-state index contributed by atoms with van der Waals surface area (Å²) in [5.41, 5.74) is 2.28. The summed E-state index contributed by atoms with van der Waals surface area (Å²) in [6, 6.07) is 7.85. The number of benzene rings is 1. The van der Waals surface area contributed by atoms with Crippen LogP contribution < -0.4 is 14.4 Å². The van der Waals surface area contributed by atoms with Crippen molar-refractivity contribution in [2.45, 2.75) is 6.54 Å². The van der Waals surface area contributed by atoms with Crippen LogP contribution >= 0.6 is 11.6 Å². The molecule has 1 aromatic heterocycles. The fourth-order valence-electron chi connectivity index (χ4n) is 3.08.